The molecule has 180 valence electrons. The number of benzene rings is 2. The fourth-order valence-electron chi connectivity index (χ4n) is 4.35. The summed E-state index contributed by atoms with van der Waals surface area (Å²) < 4.78 is 6.95. The number of carbonyl (C=O) groups is 3. The molecule has 5 rings (SSSR count). The Labute approximate surface area is 203 Å². The minimum absolute atomic E-state index is 0.107. The molecule has 8 nitrogen and oxygen atoms in total. The van der Waals surface area contributed by atoms with Gasteiger partial charge < -0.3 is 15.4 Å². The minimum Gasteiger partial charge on any atom is -0.383 e. The van der Waals surface area contributed by atoms with E-state index in [1.165, 1.54) is 6.33 Å². The van der Waals surface area contributed by atoms with Gasteiger partial charge in [0.2, 0.25) is 5.78 Å². The second-order valence-electron chi connectivity index (χ2n) is 9.23. The van der Waals surface area contributed by atoms with E-state index >= 15 is 0 Å². The first-order chi connectivity index (χ1) is 16.9. The highest BCUT2D eigenvalue weighted by atomic mass is 16.5. The molecule has 2 fully saturated rings. The summed E-state index contributed by atoms with van der Waals surface area (Å²) in [5.41, 5.74) is 9.52. The number of aromatic nitrogens is 2. The van der Waals surface area contributed by atoms with Crippen LogP contribution in [0.3, 0.4) is 0 Å². The molecule has 1 saturated carbocycles. The van der Waals surface area contributed by atoms with Crippen LogP contribution in [-0.4, -0.2) is 58.2 Å². The van der Waals surface area contributed by atoms with Gasteiger partial charge in [-0.1, -0.05) is 24.3 Å². The maximum atomic E-state index is 13.3. The van der Waals surface area contributed by atoms with Crippen LogP contribution in [0, 0.1) is 12.8 Å². The molecule has 1 aliphatic carbocycles. The topological polar surface area (TPSA) is 108 Å². The highest BCUT2D eigenvalue weighted by molar-refractivity contribution is 6.11. The molecule has 3 aromatic rings. The summed E-state index contributed by atoms with van der Waals surface area (Å²) in [5.74, 6) is 0.308. The van der Waals surface area contributed by atoms with Gasteiger partial charge in [-0.2, -0.15) is 0 Å². The zero-order valence-corrected chi connectivity index (χ0v) is 19.7. The van der Waals surface area contributed by atoms with Crippen LogP contribution in [0.25, 0.3) is 5.69 Å². The summed E-state index contributed by atoms with van der Waals surface area (Å²) in [4.78, 5) is 44.8. The van der Waals surface area contributed by atoms with Gasteiger partial charge in [0, 0.05) is 36.2 Å². The third kappa shape index (κ3) is 4.74. The lowest BCUT2D eigenvalue weighted by Gasteiger charge is -2.26. The second-order valence-corrected chi connectivity index (χ2v) is 9.23. The number of anilines is 1. The van der Waals surface area contributed by atoms with Gasteiger partial charge in [-0.05, 0) is 49.4 Å². The highest BCUT2D eigenvalue weighted by Gasteiger charge is 2.26. The molecule has 0 bridgehead atoms. The molecular weight excluding hydrogens is 444 g/mol. The van der Waals surface area contributed by atoms with Crippen molar-refractivity contribution in [2.24, 2.45) is 5.92 Å². The van der Waals surface area contributed by atoms with Crippen LogP contribution in [0.15, 0.2) is 48.8 Å². The largest absolute Gasteiger partial charge is 0.383 e. The Morgan fingerprint density at radius 3 is 2.51 bits per heavy atom. The van der Waals surface area contributed by atoms with E-state index in [0.29, 0.717) is 61.0 Å². The van der Waals surface area contributed by atoms with Crippen molar-refractivity contribution in [3.8, 4) is 5.69 Å². The molecule has 1 aromatic heterocycles. The average molecular weight is 473 g/mol. The van der Waals surface area contributed by atoms with E-state index in [-0.39, 0.29) is 29.0 Å². The number of morpholine rings is 1. The van der Waals surface area contributed by atoms with Gasteiger partial charge in [-0.25, -0.2) is 4.98 Å². The fraction of sp³-hybridized carbons (Fsp3) is 0.333. The Bertz CT molecular complexity index is 1300. The molecule has 0 atom stereocenters. The number of nitrogens with zero attached hydrogens (tertiary/aromatic N) is 3. The number of amides is 1. The number of nitrogens with two attached hydrogens (primary N) is 1. The van der Waals surface area contributed by atoms with Crippen molar-refractivity contribution in [3.63, 3.8) is 0 Å². The summed E-state index contributed by atoms with van der Waals surface area (Å²) >= 11 is 0. The lowest BCUT2D eigenvalue weighted by atomic mass is 10.0. The van der Waals surface area contributed by atoms with Crippen molar-refractivity contribution in [1.29, 1.82) is 0 Å². The molecule has 2 aromatic carbocycles. The Hall–Kier alpha value is -3.78. The van der Waals surface area contributed by atoms with Crippen LogP contribution in [0.1, 0.15) is 61.6 Å². The monoisotopic (exact) mass is 472 g/mol. The molecule has 0 unspecified atom stereocenters. The normalized spacial score (nSPS) is 15.7. The lowest BCUT2D eigenvalue weighted by Crippen LogP contribution is -2.40. The summed E-state index contributed by atoms with van der Waals surface area (Å²) in [6.45, 7) is 3.98. The summed E-state index contributed by atoms with van der Waals surface area (Å²) in [5, 5.41) is 0. The Morgan fingerprint density at radius 2 is 1.77 bits per heavy atom. The zero-order chi connectivity index (χ0) is 24.5. The number of nitrogen functional groups attached to an aromatic ring is 1. The Kier molecular flexibility index (Phi) is 6.21. The van der Waals surface area contributed by atoms with E-state index in [9.17, 15) is 14.4 Å². The van der Waals surface area contributed by atoms with E-state index in [1.807, 2.05) is 25.1 Å². The summed E-state index contributed by atoms with van der Waals surface area (Å²) in [6, 6.07) is 12.2. The quantitative estimate of drug-likeness (QED) is 0.528. The molecule has 2 heterocycles. The van der Waals surface area contributed by atoms with E-state index in [2.05, 4.69) is 4.98 Å². The standard InChI is InChI=1S/C27H28N4O4/c1-17-5-8-19(23(32)13-18-6-7-18)15-22(17)31-16-29-24(26(31)28)25(33)20-3-2-4-21(14-20)27(34)30-9-11-35-12-10-30/h2-5,8,14-16,18H,6-7,9-13,28H2,1H3. The van der Waals surface area contributed by atoms with Gasteiger partial charge in [-0.15, -0.1) is 0 Å². The van der Waals surface area contributed by atoms with Crippen LogP contribution >= 0.6 is 0 Å². The van der Waals surface area contributed by atoms with E-state index < -0.39 is 0 Å². The van der Waals surface area contributed by atoms with Crippen molar-refractivity contribution in [2.75, 3.05) is 32.0 Å². The van der Waals surface area contributed by atoms with Crippen LogP contribution in [0.2, 0.25) is 0 Å². The molecule has 1 aliphatic heterocycles. The lowest BCUT2D eigenvalue weighted by molar-refractivity contribution is 0.0303. The number of imidazole rings is 1. The molecule has 0 radical (unpaired) electrons. The van der Waals surface area contributed by atoms with Crippen molar-refractivity contribution >= 4 is 23.3 Å². The molecule has 0 spiro atoms. The number of ketones is 2. The first-order valence-corrected chi connectivity index (χ1v) is 11.9. The first kappa shape index (κ1) is 23.0. The van der Waals surface area contributed by atoms with Crippen LogP contribution in [0.5, 0.6) is 0 Å². The van der Waals surface area contributed by atoms with Gasteiger partial charge in [-0.3, -0.25) is 19.0 Å². The molecule has 2 aliphatic rings. The SMILES string of the molecule is Cc1ccc(C(=O)CC2CC2)cc1-n1cnc(C(=O)c2cccc(C(=O)N3CCOCC3)c2)c1N. The Morgan fingerprint density at radius 1 is 1.03 bits per heavy atom. The van der Waals surface area contributed by atoms with Gasteiger partial charge in [0.1, 0.15) is 12.1 Å². The van der Waals surface area contributed by atoms with Crippen molar-refractivity contribution in [3.05, 3.63) is 76.7 Å². The molecule has 35 heavy (non-hydrogen) atoms. The third-order valence-corrected chi connectivity index (χ3v) is 6.65. The maximum Gasteiger partial charge on any atom is 0.254 e. The number of carbonyl (C=O) groups excluding carboxylic acids is 3. The number of aryl methyl sites for hydroxylation is 1. The average Bonchev–Trinajstić information content (AvgIpc) is 3.62. The number of ether oxygens (including phenoxy) is 1. The number of rotatable bonds is 7. The van der Waals surface area contributed by atoms with Crippen LogP contribution in [-0.2, 0) is 4.74 Å². The zero-order valence-electron chi connectivity index (χ0n) is 19.7. The van der Waals surface area contributed by atoms with Crippen LogP contribution in [0.4, 0.5) is 5.82 Å². The minimum atomic E-state index is -0.364. The molecule has 1 amide bonds. The molecule has 8 heteroatoms. The number of hydrogen-bond acceptors (Lipinski definition) is 6. The Balaban J connectivity index is 1.41. The van der Waals surface area contributed by atoms with Crippen LogP contribution < -0.4 is 5.73 Å². The summed E-state index contributed by atoms with van der Waals surface area (Å²) in [6.07, 6.45) is 4.29. The molecule has 1 saturated heterocycles. The molecular formula is C27H28N4O4. The number of Topliss-reactive ketones (excluding diaryl/α,β-unsaturated/α-hetero) is 1. The predicted octanol–water partition coefficient (Wildman–Crippen LogP) is 3.45. The van der Waals surface area contributed by atoms with Crippen molar-refractivity contribution < 1.29 is 19.1 Å². The van der Waals surface area contributed by atoms with Gasteiger partial charge in [0.05, 0.1) is 18.9 Å². The van der Waals surface area contributed by atoms with E-state index in [1.54, 1.807) is 33.7 Å². The van der Waals surface area contributed by atoms with Gasteiger partial charge in [0.15, 0.2) is 11.5 Å². The van der Waals surface area contributed by atoms with Gasteiger partial charge >= 0.3 is 0 Å². The highest BCUT2D eigenvalue weighted by Crippen LogP contribution is 2.34. The van der Waals surface area contributed by atoms with E-state index in [4.69, 9.17) is 10.5 Å². The van der Waals surface area contributed by atoms with Gasteiger partial charge in [0.25, 0.3) is 5.91 Å². The summed E-state index contributed by atoms with van der Waals surface area (Å²) in [7, 11) is 0. The van der Waals surface area contributed by atoms with E-state index in [0.717, 1.165) is 18.4 Å². The second kappa shape index (κ2) is 9.46. The predicted molar refractivity (Wildman–Crippen MR) is 131 cm³/mol. The van der Waals surface area contributed by atoms with Crippen molar-refractivity contribution in [1.82, 2.24) is 14.5 Å². The first-order valence-electron chi connectivity index (χ1n) is 11.9. The number of hydrogen-bond donors (Lipinski definition) is 1. The maximum absolute atomic E-state index is 13.3. The molecule has 2 N–H and O–H groups in total. The third-order valence-electron chi connectivity index (χ3n) is 6.65. The van der Waals surface area contributed by atoms with Crippen molar-refractivity contribution in [2.45, 2.75) is 26.2 Å². The fourth-order valence-corrected chi connectivity index (χ4v) is 4.35. The smallest absolute Gasteiger partial charge is 0.254 e.